The van der Waals surface area contributed by atoms with E-state index in [9.17, 15) is 19.3 Å². The summed E-state index contributed by atoms with van der Waals surface area (Å²) in [7, 11) is 0. The highest BCUT2D eigenvalue weighted by molar-refractivity contribution is 5.96. The summed E-state index contributed by atoms with van der Waals surface area (Å²) in [6.07, 6.45) is 2.00. The smallest absolute Gasteiger partial charge is 0.293 e. The number of hydrogen-bond acceptors (Lipinski definition) is 6. The van der Waals surface area contributed by atoms with Crippen LogP contribution in [0.4, 0.5) is 21.5 Å². The average Bonchev–Trinajstić information content (AvgIpc) is 3.38. The van der Waals surface area contributed by atoms with Gasteiger partial charge in [-0.15, -0.1) is 0 Å². The Bertz CT molecular complexity index is 1050. The van der Waals surface area contributed by atoms with Gasteiger partial charge in [0.2, 0.25) is 0 Å². The van der Waals surface area contributed by atoms with Crippen molar-refractivity contribution in [3.63, 3.8) is 0 Å². The van der Waals surface area contributed by atoms with Crippen LogP contribution >= 0.6 is 0 Å². The van der Waals surface area contributed by atoms with Crippen LogP contribution in [0.15, 0.2) is 36.4 Å². The number of rotatable bonds is 7. The molecule has 0 spiro atoms. The van der Waals surface area contributed by atoms with Gasteiger partial charge in [0.15, 0.2) is 0 Å². The van der Waals surface area contributed by atoms with E-state index in [0.717, 1.165) is 64.3 Å². The van der Waals surface area contributed by atoms with Gasteiger partial charge < -0.3 is 20.0 Å². The summed E-state index contributed by atoms with van der Waals surface area (Å²) >= 11 is 0. The van der Waals surface area contributed by atoms with Gasteiger partial charge in [-0.05, 0) is 56.6 Å². The Hall–Kier alpha value is -3.20. The number of nitro groups is 1. The van der Waals surface area contributed by atoms with Gasteiger partial charge in [0.05, 0.1) is 11.0 Å². The van der Waals surface area contributed by atoms with Gasteiger partial charge in [0.1, 0.15) is 11.5 Å². The Morgan fingerprint density at radius 1 is 1.03 bits per heavy atom. The fraction of sp³-hybridized carbons (Fsp3) is 0.480. The normalized spacial score (nSPS) is 17.6. The molecule has 9 heteroatoms. The molecule has 4 rings (SSSR count). The number of piperazine rings is 1. The summed E-state index contributed by atoms with van der Waals surface area (Å²) in [5.74, 6) is -0.785. The number of nitro benzene ring substituents is 1. The predicted octanol–water partition coefficient (Wildman–Crippen LogP) is 3.97. The second-order valence-corrected chi connectivity index (χ2v) is 8.97. The molecule has 1 N–H and O–H groups in total. The molecule has 0 bridgehead atoms. The summed E-state index contributed by atoms with van der Waals surface area (Å²) in [5, 5.41) is 14.6. The summed E-state index contributed by atoms with van der Waals surface area (Å²) < 4.78 is 14.2. The lowest BCUT2D eigenvalue weighted by molar-refractivity contribution is -0.384. The van der Waals surface area contributed by atoms with Crippen molar-refractivity contribution in [2.45, 2.75) is 32.7 Å². The second kappa shape index (κ2) is 10.4. The predicted molar refractivity (Wildman–Crippen MR) is 131 cm³/mol. The minimum Gasteiger partial charge on any atom is -0.369 e. The van der Waals surface area contributed by atoms with Crippen molar-refractivity contribution in [2.75, 3.05) is 55.6 Å². The quantitative estimate of drug-likeness (QED) is 0.488. The number of nitrogens with zero attached hydrogens (tertiary/aromatic N) is 4. The van der Waals surface area contributed by atoms with E-state index in [4.69, 9.17) is 0 Å². The Morgan fingerprint density at radius 2 is 1.68 bits per heavy atom. The van der Waals surface area contributed by atoms with Crippen molar-refractivity contribution in [2.24, 2.45) is 0 Å². The fourth-order valence-corrected chi connectivity index (χ4v) is 4.86. The largest absolute Gasteiger partial charge is 0.369 e. The Kier molecular flexibility index (Phi) is 7.31. The van der Waals surface area contributed by atoms with Crippen LogP contribution in [0.25, 0.3) is 0 Å². The molecular weight excluding hydrogens is 437 g/mol. The highest BCUT2D eigenvalue weighted by atomic mass is 19.1. The fourth-order valence-electron chi connectivity index (χ4n) is 4.86. The van der Waals surface area contributed by atoms with E-state index < -0.39 is 16.9 Å². The molecule has 2 aromatic carbocycles. The number of benzene rings is 2. The molecule has 8 nitrogen and oxygen atoms in total. The van der Waals surface area contributed by atoms with E-state index in [1.54, 1.807) is 18.2 Å². The van der Waals surface area contributed by atoms with Crippen molar-refractivity contribution >= 4 is 23.0 Å². The first-order valence-electron chi connectivity index (χ1n) is 12.0. The number of likely N-dealkylation sites (N-methyl/N-ethyl adjacent to an activating group) is 1. The molecule has 0 aliphatic carbocycles. The van der Waals surface area contributed by atoms with Crippen LogP contribution in [0, 0.1) is 15.9 Å². The van der Waals surface area contributed by atoms with Gasteiger partial charge in [-0.2, -0.15) is 0 Å². The molecule has 2 aliphatic rings. The molecule has 1 atom stereocenters. The maximum absolute atomic E-state index is 14.2. The number of halogens is 1. The third-order valence-corrected chi connectivity index (χ3v) is 6.84. The molecule has 1 unspecified atom stereocenters. The third-order valence-electron chi connectivity index (χ3n) is 6.84. The van der Waals surface area contributed by atoms with Gasteiger partial charge in [0.25, 0.3) is 11.6 Å². The van der Waals surface area contributed by atoms with Crippen LogP contribution in [0.2, 0.25) is 0 Å². The van der Waals surface area contributed by atoms with E-state index >= 15 is 0 Å². The number of carbonyl (C=O) groups is 1. The van der Waals surface area contributed by atoms with E-state index in [1.165, 1.54) is 18.2 Å². The molecule has 2 aliphatic heterocycles. The van der Waals surface area contributed by atoms with E-state index in [1.807, 2.05) is 11.8 Å². The first kappa shape index (κ1) is 23.9. The first-order valence-corrected chi connectivity index (χ1v) is 12.0. The molecule has 0 aromatic heterocycles. The monoisotopic (exact) mass is 469 g/mol. The van der Waals surface area contributed by atoms with Crippen LogP contribution in [-0.2, 0) is 0 Å². The number of anilines is 2. The lowest BCUT2D eigenvalue weighted by Gasteiger charge is -2.37. The van der Waals surface area contributed by atoms with Crippen LogP contribution in [0.3, 0.4) is 0 Å². The van der Waals surface area contributed by atoms with Gasteiger partial charge in [0, 0.05) is 62.1 Å². The van der Waals surface area contributed by atoms with Gasteiger partial charge in [-0.3, -0.25) is 14.9 Å². The zero-order chi connectivity index (χ0) is 24.2. The highest BCUT2D eigenvalue weighted by Crippen LogP contribution is 2.32. The van der Waals surface area contributed by atoms with Crippen LogP contribution in [0.5, 0.6) is 0 Å². The zero-order valence-electron chi connectivity index (χ0n) is 19.8. The molecule has 2 saturated heterocycles. The summed E-state index contributed by atoms with van der Waals surface area (Å²) in [5.41, 5.74) is 2.30. The Balaban J connectivity index is 1.53. The number of carbonyl (C=O) groups excluding carboxylic acids is 1. The lowest BCUT2D eigenvalue weighted by Crippen LogP contribution is -2.46. The van der Waals surface area contributed by atoms with E-state index in [-0.39, 0.29) is 17.1 Å². The number of hydrogen-bond donors (Lipinski definition) is 1. The minimum atomic E-state index is -0.472. The maximum atomic E-state index is 14.2. The van der Waals surface area contributed by atoms with E-state index in [2.05, 4.69) is 22.0 Å². The number of nitrogens with one attached hydrogen (secondary N) is 1. The van der Waals surface area contributed by atoms with Crippen LogP contribution in [0.1, 0.15) is 48.7 Å². The molecule has 2 fully saturated rings. The van der Waals surface area contributed by atoms with Gasteiger partial charge >= 0.3 is 0 Å². The first-order chi connectivity index (χ1) is 16.4. The minimum absolute atomic E-state index is 0.0672. The Morgan fingerprint density at radius 3 is 2.32 bits per heavy atom. The topological polar surface area (TPSA) is 82.0 Å². The standard InChI is InChI=1S/C25H32FN5O3/c1-3-28-12-14-30(15-13-28)22-9-7-20(26)17-21(22)18(2)27-25(32)19-6-8-23(24(16-19)31(33)34)29-10-4-5-11-29/h6-9,16-18H,3-5,10-15H2,1-2H3,(H,27,32). The van der Waals surface area contributed by atoms with Crippen molar-refractivity contribution < 1.29 is 14.1 Å². The molecule has 34 heavy (non-hydrogen) atoms. The molecule has 0 radical (unpaired) electrons. The van der Waals surface area contributed by atoms with Crippen molar-refractivity contribution in [1.29, 1.82) is 0 Å². The molecule has 2 aromatic rings. The summed E-state index contributed by atoms with van der Waals surface area (Å²) in [6, 6.07) is 8.82. The highest BCUT2D eigenvalue weighted by Gasteiger charge is 2.26. The summed E-state index contributed by atoms with van der Waals surface area (Å²) in [6.45, 7) is 10.0. The Labute approximate surface area is 199 Å². The SMILES string of the molecule is CCN1CCN(c2ccc(F)cc2C(C)NC(=O)c2ccc(N3CCCC3)c([N+](=O)[O-])c2)CC1. The average molecular weight is 470 g/mol. The van der Waals surface area contributed by atoms with Crippen molar-refractivity contribution in [3.05, 3.63) is 63.5 Å². The van der Waals surface area contributed by atoms with Crippen molar-refractivity contribution in [3.8, 4) is 0 Å². The van der Waals surface area contributed by atoms with Gasteiger partial charge in [-0.25, -0.2) is 4.39 Å². The molecule has 182 valence electrons. The summed E-state index contributed by atoms with van der Waals surface area (Å²) in [4.78, 5) is 30.9. The third kappa shape index (κ3) is 5.14. The zero-order valence-corrected chi connectivity index (χ0v) is 19.8. The lowest BCUT2D eigenvalue weighted by atomic mass is 10.0. The number of amides is 1. The molecule has 0 saturated carbocycles. The molecule has 2 heterocycles. The molecule has 1 amide bonds. The van der Waals surface area contributed by atoms with E-state index in [0.29, 0.717) is 11.3 Å². The van der Waals surface area contributed by atoms with Crippen LogP contribution < -0.4 is 15.1 Å². The van der Waals surface area contributed by atoms with Crippen LogP contribution in [-0.4, -0.2) is 61.5 Å². The maximum Gasteiger partial charge on any atom is 0.293 e. The second-order valence-electron chi connectivity index (χ2n) is 8.97. The van der Waals surface area contributed by atoms with Crippen molar-refractivity contribution in [1.82, 2.24) is 10.2 Å². The molecular formula is C25H32FN5O3. The van der Waals surface area contributed by atoms with Gasteiger partial charge in [-0.1, -0.05) is 6.92 Å².